The molecule has 2 atom stereocenters. The molecule has 0 aromatic heterocycles. The lowest BCUT2D eigenvalue weighted by Gasteiger charge is -2.51. The fraction of sp³-hybridized carbons (Fsp3) is 0.571. The number of nitro benzene ring substituents is 1. The molecule has 0 heterocycles. The fourth-order valence-electron chi connectivity index (χ4n) is 2.62. The Morgan fingerprint density at radius 3 is 2.76 bits per heavy atom. The maximum atomic E-state index is 11.2. The van der Waals surface area contributed by atoms with E-state index in [9.17, 15) is 10.1 Å². The van der Waals surface area contributed by atoms with E-state index in [4.69, 9.17) is 16.3 Å². The highest BCUT2D eigenvalue weighted by molar-refractivity contribution is 9.10. The van der Waals surface area contributed by atoms with Gasteiger partial charge in [-0.1, -0.05) is 32.4 Å². The third-order valence-corrected chi connectivity index (χ3v) is 4.88. The van der Waals surface area contributed by atoms with Crippen molar-refractivity contribution in [3.05, 3.63) is 31.7 Å². The van der Waals surface area contributed by atoms with Crippen molar-refractivity contribution in [1.82, 2.24) is 5.32 Å². The smallest absolute Gasteiger partial charge is 0.313 e. The topological polar surface area (TPSA) is 64.4 Å². The van der Waals surface area contributed by atoms with E-state index in [1.54, 1.807) is 6.07 Å². The molecule has 1 aliphatic rings. The van der Waals surface area contributed by atoms with Crippen molar-refractivity contribution in [2.45, 2.75) is 39.3 Å². The molecule has 1 aromatic carbocycles. The molecule has 21 heavy (non-hydrogen) atoms. The van der Waals surface area contributed by atoms with Gasteiger partial charge in [0, 0.05) is 29.0 Å². The second-order valence-electron chi connectivity index (χ2n) is 5.77. The Morgan fingerprint density at radius 2 is 2.24 bits per heavy atom. The first-order chi connectivity index (χ1) is 9.77. The van der Waals surface area contributed by atoms with E-state index >= 15 is 0 Å². The summed E-state index contributed by atoms with van der Waals surface area (Å²) in [6.45, 7) is 7.16. The average Bonchev–Trinajstić information content (AvgIpc) is 2.39. The molecule has 1 fully saturated rings. The molecule has 1 saturated carbocycles. The van der Waals surface area contributed by atoms with Crippen LogP contribution in [0.15, 0.2) is 16.6 Å². The van der Waals surface area contributed by atoms with Crippen molar-refractivity contribution < 1.29 is 9.66 Å². The molecular formula is C14H18BrClN2O3. The van der Waals surface area contributed by atoms with Gasteiger partial charge in [-0.2, -0.15) is 0 Å². The van der Waals surface area contributed by atoms with Crippen LogP contribution < -0.4 is 10.1 Å². The van der Waals surface area contributed by atoms with Gasteiger partial charge in [0.25, 0.3) is 0 Å². The predicted molar refractivity (Wildman–Crippen MR) is 86.1 cm³/mol. The first kappa shape index (κ1) is 16.5. The van der Waals surface area contributed by atoms with Crippen LogP contribution in [0.3, 0.4) is 0 Å². The van der Waals surface area contributed by atoms with Gasteiger partial charge in [-0.05, 0) is 28.5 Å². The van der Waals surface area contributed by atoms with Crippen LogP contribution in [-0.4, -0.2) is 23.6 Å². The number of hydrogen-bond acceptors (Lipinski definition) is 4. The Kier molecular flexibility index (Phi) is 4.80. The normalized spacial score (nSPS) is 23.5. The van der Waals surface area contributed by atoms with Crippen LogP contribution in [0.25, 0.3) is 0 Å². The van der Waals surface area contributed by atoms with Crippen LogP contribution in [0.5, 0.6) is 5.75 Å². The van der Waals surface area contributed by atoms with E-state index in [2.05, 4.69) is 42.0 Å². The summed E-state index contributed by atoms with van der Waals surface area (Å²) in [5.41, 5.74) is -0.194. The maximum Gasteiger partial charge on any atom is 0.313 e. The number of benzene rings is 1. The largest absolute Gasteiger partial charge is 0.482 e. The Bertz CT molecular complexity index is 565. The van der Waals surface area contributed by atoms with E-state index < -0.39 is 4.92 Å². The van der Waals surface area contributed by atoms with E-state index in [1.165, 1.54) is 6.07 Å². The third kappa shape index (κ3) is 3.17. The van der Waals surface area contributed by atoms with Crippen molar-refractivity contribution in [3.8, 4) is 5.75 Å². The first-order valence-electron chi connectivity index (χ1n) is 6.80. The van der Waals surface area contributed by atoms with Crippen molar-refractivity contribution in [3.63, 3.8) is 0 Å². The molecule has 0 saturated heterocycles. The lowest BCUT2D eigenvalue weighted by molar-refractivity contribution is -0.386. The number of nitrogens with one attached hydrogen (secondary N) is 1. The summed E-state index contributed by atoms with van der Waals surface area (Å²) in [6, 6.07) is 3.28. The van der Waals surface area contributed by atoms with Gasteiger partial charge in [0.05, 0.1) is 9.40 Å². The molecule has 7 heteroatoms. The molecule has 2 rings (SSSR count). The molecule has 0 aliphatic heterocycles. The van der Waals surface area contributed by atoms with Gasteiger partial charge in [0.2, 0.25) is 5.75 Å². The number of halogens is 2. The Labute approximate surface area is 137 Å². The maximum absolute atomic E-state index is 11.2. The van der Waals surface area contributed by atoms with Gasteiger partial charge in [-0.15, -0.1) is 0 Å². The van der Waals surface area contributed by atoms with Crippen molar-refractivity contribution in [2.24, 2.45) is 5.41 Å². The summed E-state index contributed by atoms with van der Waals surface area (Å²) in [4.78, 5) is 10.7. The van der Waals surface area contributed by atoms with E-state index in [0.29, 0.717) is 15.5 Å². The molecule has 1 aromatic rings. The SMILES string of the molecule is CCNC1CC(Oc2c(Br)cc(Cl)cc2[N+](=O)[O-])C1(C)C. The van der Waals surface area contributed by atoms with E-state index in [0.717, 1.165) is 13.0 Å². The summed E-state index contributed by atoms with van der Waals surface area (Å²) in [6.07, 6.45) is 0.755. The summed E-state index contributed by atoms with van der Waals surface area (Å²) >= 11 is 9.17. The molecule has 116 valence electrons. The number of nitro groups is 1. The quantitative estimate of drug-likeness (QED) is 0.618. The van der Waals surface area contributed by atoms with Crippen LogP contribution in [0.1, 0.15) is 27.2 Å². The number of hydrogen-bond donors (Lipinski definition) is 1. The third-order valence-electron chi connectivity index (χ3n) is 4.07. The van der Waals surface area contributed by atoms with Crippen molar-refractivity contribution in [2.75, 3.05) is 6.54 Å². The zero-order valence-corrected chi connectivity index (χ0v) is 14.5. The minimum atomic E-state index is -0.473. The molecule has 2 unspecified atom stereocenters. The average molecular weight is 378 g/mol. The van der Waals surface area contributed by atoms with Crippen LogP contribution in [0, 0.1) is 15.5 Å². The molecular weight excluding hydrogens is 360 g/mol. The van der Waals surface area contributed by atoms with Crippen molar-refractivity contribution in [1.29, 1.82) is 0 Å². The monoisotopic (exact) mass is 376 g/mol. The van der Waals surface area contributed by atoms with Crippen LogP contribution in [0.4, 0.5) is 5.69 Å². The van der Waals surface area contributed by atoms with Gasteiger partial charge >= 0.3 is 5.69 Å². The van der Waals surface area contributed by atoms with Gasteiger partial charge in [-0.3, -0.25) is 10.1 Å². The molecule has 0 bridgehead atoms. The molecule has 1 aliphatic carbocycles. The predicted octanol–water partition coefficient (Wildman–Crippen LogP) is 4.17. The molecule has 1 N–H and O–H groups in total. The van der Waals surface area contributed by atoms with Gasteiger partial charge in [0.1, 0.15) is 6.10 Å². The second kappa shape index (κ2) is 6.10. The van der Waals surface area contributed by atoms with Crippen molar-refractivity contribution >= 4 is 33.2 Å². The highest BCUT2D eigenvalue weighted by atomic mass is 79.9. The number of ether oxygens (including phenoxy) is 1. The standard InChI is InChI=1S/C14H18BrClN2O3/c1-4-17-11-7-12(14(11,2)3)21-13-9(15)5-8(16)6-10(13)18(19)20/h5-6,11-12,17H,4,7H2,1-3H3. The zero-order chi connectivity index (χ0) is 15.8. The summed E-state index contributed by atoms with van der Waals surface area (Å²) < 4.78 is 6.44. The second-order valence-corrected chi connectivity index (χ2v) is 7.06. The van der Waals surface area contributed by atoms with Gasteiger partial charge in [-0.25, -0.2) is 0 Å². The minimum Gasteiger partial charge on any atom is -0.482 e. The number of nitrogens with zero attached hydrogens (tertiary/aromatic N) is 1. The van der Waals surface area contributed by atoms with Crippen LogP contribution >= 0.6 is 27.5 Å². The fourth-order valence-corrected chi connectivity index (χ4v) is 3.51. The van der Waals surface area contributed by atoms with Gasteiger partial charge in [0.15, 0.2) is 0 Å². The lowest BCUT2D eigenvalue weighted by Crippen LogP contribution is -2.62. The Hall–Kier alpha value is -0.850. The molecule has 0 spiro atoms. The summed E-state index contributed by atoms with van der Waals surface area (Å²) in [5.74, 6) is 0.248. The highest BCUT2D eigenvalue weighted by Gasteiger charge is 2.50. The molecule has 0 amide bonds. The highest BCUT2D eigenvalue weighted by Crippen LogP contribution is 2.46. The number of rotatable bonds is 5. The van der Waals surface area contributed by atoms with E-state index in [1.807, 2.05) is 0 Å². The Morgan fingerprint density at radius 1 is 1.57 bits per heavy atom. The van der Waals surface area contributed by atoms with Crippen LogP contribution in [0.2, 0.25) is 5.02 Å². The molecule has 5 nitrogen and oxygen atoms in total. The molecule has 0 radical (unpaired) electrons. The van der Waals surface area contributed by atoms with E-state index in [-0.39, 0.29) is 23.0 Å². The Balaban J connectivity index is 2.23. The minimum absolute atomic E-state index is 0.0716. The summed E-state index contributed by atoms with van der Waals surface area (Å²) in [7, 11) is 0. The summed E-state index contributed by atoms with van der Waals surface area (Å²) in [5, 5.41) is 14.9. The van der Waals surface area contributed by atoms with Gasteiger partial charge < -0.3 is 10.1 Å². The first-order valence-corrected chi connectivity index (χ1v) is 7.98. The van der Waals surface area contributed by atoms with Crippen LogP contribution in [-0.2, 0) is 0 Å². The zero-order valence-electron chi connectivity index (χ0n) is 12.2. The lowest BCUT2D eigenvalue weighted by atomic mass is 9.64.